The van der Waals surface area contributed by atoms with E-state index < -0.39 is 0 Å². The van der Waals surface area contributed by atoms with E-state index in [0.717, 1.165) is 5.56 Å². The molecule has 0 atom stereocenters. The Morgan fingerprint density at radius 3 is 2.45 bits per heavy atom. The van der Waals surface area contributed by atoms with Gasteiger partial charge in [-0.25, -0.2) is 0 Å². The molecule has 0 amide bonds. The monoisotopic (exact) mass is 267 g/mol. The second kappa shape index (κ2) is 4.42. The third kappa shape index (κ3) is 1.82. The van der Waals surface area contributed by atoms with Crippen molar-refractivity contribution in [3.8, 4) is 22.6 Å². The van der Waals surface area contributed by atoms with Crippen LogP contribution in [0.15, 0.2) is 47.3 Å². The summed E-state index contributed by atoms with van der Waals surface area (Å²) in [6.45, 7) is 1.79. The molecule has 0 aliphatic heterocycles. The fourth-order valence-corrected chi connectivity index (χ4v) is 2.54. The van der Waals surface area contributed by atoms with Gasteiger partial charge in [-0.3, -0.25) is 4.79 Å². The van der Waals surface area contributed by atoms with Crippen LogP contribution < -0.4 is 5.56 Å². The van der Waals surface area contributed by atoms with Crippen molar-refractivity contribution in [3.05, 3.63) is 58.4 Å². The summed E-state index contributed by atoms with van der Waals surface area (Å²) in [5, 5.41) is 20.1. The molecule has 20 heavy (non-hydrogen) atoms. The average Bonchev–Trinajstić information content (AvgIpc) is 2.38. The van der Waals surface area contributed by atoms with Crippen molar-refractivity contribution in [1.29, 1.82) is 0 Å². The zero-order chi connectivity index (χ0) is 14.3. The van der Waals surface area contributed by atoms with Crippen LogP contribution in [0.5, 0.6) is 11.5 Å². The van der Waals surface area contributed by atoms with E-state index in [1.807, 2.05) is 30.3 Å². The zero-order valence-electron chi connectivity index (χ0n) is 10.8. The Morgan fingerprint density at radius 1 is 1.05 bits per heavy atom. The molecular formula is C16H13NO3. The number of phenols is 2. The van der Waals surface area contributed by atoms with Crippen LogP contribution in [0.2, 0.25) is 0 Å². The van der Waals surface area contributed by atoms with Gasteiger partial charge in [0.05, 0.1) is 11.1 Å². The minimum Gasteiger partial charge on any atom is -0.508 e. The largest absolute Gasteiger partial charge is 0.508 e. The van der Waals surface area contributed by atoms with Crippen molar-refractivity contribution in [1.82, 2.24) is 4.98 Å². The normalized spacial score (nSPS) is 10.8. The first-order valence-corrected chi connectivity index (χ1v) is 6.22. The van der Waals surface area contributed by atoms with Gasteiger partial charge in [0, 0.05) is 17.5 Å². The molecule has 0 saturated carbocycles. The second-order valence-corrected chi connectivity index (χ2v) is 4.71. The van der Waals surface area contributed by atoms with Gasteiger partial charge in [-0.1, -0.05) is 30.3 Å². The highest BCUT2D eigenvalue weighted by molar-refractivity contribution is 5.93. The second-order valence-electron chi connectivity index (χ2n) is 4.71. The van der Waals surface area contributed by atoms with Gasteiger partial charge in [-0.2, -0.15) is 0 Å². The van der Waals surface area contributed by atoms with Crippen molar-refractivity contribution in [2.24, 2.45) is 0 Å². The smallest absolute Gasteiger partial charge is 0.256 e. The molecule has 0 bridgehead atoms. The Morgan fingerprint density at radius 2 is 1.75 bits per heavy atom. The number of nitrogens with one attached hydrogen (secondary N) is 1. The molecule has 1 aromatic heterocycles. The Bertz CT molecular complexity index is 851. The zero-order valence-corrected chi connectivity index (χ0v) is 10.8. The number of hydrogen-bond acceptors (Lipinski definition) is 3. The van der Waals surface area contributed by atoms with Crippen LogP contribution in [-0.2, 0) is 0 Å². The first-order valence-electron chi connectivity index (χ1n) is 6.22. The number of H-pyrrole nitrogens is 1. The predicted octanol–water partition coefficient (Wildman–Crippen LogP) is 2.91. The predicted molar refractivity (Wildman–Crippen MR) is 78.1 cm³/mol. The molecule has 4 nitrogen and oxygen atoms in total. The lowest BCUT2D eigenvalue weighted by Crippen LogP contribution is -2.11. The molecule has 0 radical (unpaired) electrons. The number of aromatic hydroxyl groups is 2. The summed E-state index contributed by atoms with van der Waals surface area (Å²) in [5.74, 6) is -0.136. The molecule has 1 heterocycles. The Kier molecular flexibility index (Phi) is 2.71. The number of rotatable bonds is 1. The van der Waals surface area contributed by atoms with E-state index >= 15 is 0 Å². The van der Waals surface area contributed by atoms with Crippen LogP contribution in [0.3, 0.4) is 0 Å². The number of aryl methyl sites for hydroxylation is 1. The SMILES string of the molecule is Cc1c(-c2ccccc2)c(=O)[nH]c2cc(O)cc(O)c12. The van der Waals surface area contributed by atoms with E-state index in [0.29, 0.717) is 22.0 Å². The van der Waals surface area contributed by atoms with Gasteiger partial charge >= 0.3 is 0 Å². The molecule has 2 aromatic carbocycles. The molecule has 0 saturated heterocycles. The van der Waals surface area contributed by atoms with Crippen LogP contribution >= 0.6 is 0 Å². The molecule has 100 valence electrons. The average molecular weight is 267 g/mol. The highest BCUT2D eigenvalue weighted by atomic mass is 16.3. The quantitative estimate of drug-likeness (QED) is 0.634. The molecule has 0 unspecified atom stereocenters. The Hall–Kier alpha value is -2.75. The summed E-state index contributed by atoms with van der Waals surface area (Å²) in [6.07, 6.45) is 0. The number of benzene rings is 2. The maximum atomic E-state index is 12.3. The van der Waals surface area contributed by atoms with Crippen molar-refractivity contribution < 1.29 is 10.2 Å². The lowest BCUT2D eigenvalue weighted by Gasteiger charge is -2.10. The summed E-state index contributed by atoms with van der Waals surface area (Å²) < 4.78 is 0. The molecular weight excluding hydrogens is 254 g/mol. The summed E-state index contributed by atoms with van der Waals surface area (Å²) >= 11 is 0. The van der Waals surface area contributed by atoms with Crippen LogP contribution in [0.4, 0.5) is 0 Å². The number of phenolic OH excluding ortho intramolecular Hbond substituents is 2. The maximum Gasteiger partial charge on any atom is 0.256 e. The minimum absolute atomic E-state index is 0.0501. The van der Waals surface area contributed by atoms with E-state index in [2.05, 4.69) is 4.98 Å². The number of aromatic amines is 1. The maximum absolute atomic E-state index is 12.3. The standard InChI is InChI=1S/C16H13NO3/c1-9-14(10-5-3-2-4-6-10)16(20)17-12-7-11(18)8-13(19)15(9)12/h2-8,18-19H,1H3,(H,17,20). The fourth-order valence-electron chi connectivity index (χ4n) is 2.54. The van der Waals surface area contributed by atoms with Crippen LogP contribution in [0, 0.1) is 6.92 Å². The van der Waals surface area contributed by atoms with Gasteiger partial charge in [0.2, 0.25) is 0 Å². The van der Waals surface area contributed by atoms with Gasteiger partial charge in [-0.05, 0) is 18.1 Å². The van der Waals surface area contributed by atoms with E-state index in [4.69, 9.17) is 0 Å². The molecule has 0 spiro atoms. The van der Waals surface area contributed by atoms with Crippen molar-refractivity contribution in [2.75, 3.05) is 0 Å². The van der Waals surface area contributed by atoms with Gasteiger partial charge in [0.1, 0.15) is 11.5 Å². The summed E-state index contributed by atoms with van der Waals surface area (Å²) in [7, 11) is 0. The van der Waals surface area contributed by atoms with Gasteiger partial charge in [0.15, 0.2) is 0 Å². The minimum atomic E-state index is -0.244. The van der Waals surface area contributed by atoms with Crippen molar-refractivity contribution >= 4 is 10.9 Å². The van der Waals surface area contributed by atoms with Crippen molar-refractivity contribution in [2.45, 2.75) is 6.92 Å². The lowest BCUT2D eigenvalue weighted by atomic mass is 9.98. The molecule has 0 fully saturated rings. The topological polar surface area (TPSA) is 73.3 Å². The first-order chi connectivity index (χ1) is 9.58. The number of fused-ring (bicyclic) bond motifs is 1. The summed E-state index contributed by atoms with van der Waals surface area (Å²) in [4.78, 5) is 15.0. The van der Waals surface area contributed by atoms with Crippen LogP contribution in [0.25, 0.3) is 22.0 Å². The molecule has 3 N–H and O–H groups in total. The molecule has 3 aromatic rings. The number of aromatic nitrogens is 1. The van der Waals surface area contributed by atoms with Gasteiger partial charge in [-0.15, -0.1) is 0 Å². The molecule has 4 heteroatoms. The van der Waals surface area contributed by atoms with E-state index in [9.17, 15) is 15.0 Å². The van der Waals surface area contributed by atoms with Gasteiger partial charge < -0.3 is 15.2 Å². The Balaban J connectivity index is 2.44. The van der Waals surface area contributed by atoms with E-state index in [1.165, 1.54) is 12.1 Å². The summed E-state index contributed by atoms with van der Waals surface area (Å²) in [5.41, 5.74) is 2.18. The van der Waals surface area contributed by atoms with E-state index in [-0.39, 0.29) is 17.1 Å². The van der Waals surface area contributed by atoms with Crippen LogP contribution in [0.1, 0.15) is 5.56 Å². The number of pyridine rings is 1. The van der Waals surface area contributed by atoms with Crippen molar-refractivity contribution in [3.63, 3.8) is 0 Å². The molecule has 0 aliphatic rings. The number of hydrogen-bond donors (Lipinski definition) is 3. The molecule has 3 rings (SSSR count). The third-order valence-electron chi connectivity index (χ3n) is 3.39. The first kappa shape index (κ1) is 12.3. The highest BCUT2D eigenvalue weighted by Crippen LogP contribution is 2.33. The van der Waals surface area contributed by atoms with Crippen LogP contribution in [-0.4, -0.2) is 15.2 Å². The van der Waals surface area contributed by atoms with E-state index in [1.54, 1.807) is 6.92 Å². The third-order valence-corrected chi connectivity index (χ3v) is 3.39. The lowest BCUT2D eigenvalue weighted by molar-refractivity contribution is 0.455. The Labute approximate surface area is 115 Å². The molecule has 0 aliphatic carbocycles. The highest BCUT2D eigenvalue weighted by Gasteiger charge is 2.14. The fraction of sp³-hybridized carbons (Fsp3) is 0.0625. The van der Waals surface area contributed by atoms with Gasteiger partial charge in [0.25, 0.3) is 5.56 Å². The summed E-state index contributed by atoms with van der Waals surface area (Å²) in [6, 6.07) is 12.0.